The number of rotatable bonds is 7. The molecular formula is C15H22N2O2S. The second kappa shape index (κ2) is 8.07. The molecule has 1 N–H and O–H groups in total. The number of hydrogen-bond acceptors (Lipinski definition) is 4. The zero-order chi connectivity index (χ0) is 15.1. The maximum absolute atomic E-state index is 12.1. The van der Waals surface area contributed by atoms with E-state index in [4.69, 9.17) is 0 Å². The van der Waals surface area contributed by atoms with E-state index >= 15 is 0 Å². The number of nitrogens with zero attached hydrogens (tertiary/aromatic N) is 1. The second-order valence-electron chi connectivity index (χ2n) is 5.05. The Morgan fingerprint density at radius 1 is 1.20 bits per heavy atom. The Kier molecular flexibility index (Phi) is 6.75. The van der Waals surface area contributed by atoms with Crippen LogP contribution in [-0.2, 0) is 4.79 Å². The fourth-order valence-corrected chi connectivity index (χ4v) is 2.19. The third kappa shape index (κ3) is 5.75. The van der Waals surface area contributed by atoms with Crippen molar-refractivity contribution in [3.8, 4) is 0 Å². The molecule has 0 aromatic heterocycles. The fraction of sp³-hybridized carbons (Fsp3) is 0.467. The first-order valence-electron chi connectivity index (χ1n) is 6.57. The van der Waals surface area contributed by atoms with Crippen molar-refractivity contribution in [2.24, 2.45) is 0 Å². The first-order chi connectivity index (χ1) is 9.42. The van der Waals surface area contributed by atoms with Gasteiger partial charge in [0.05, 0.1) is 13.1 Å². The number of thioether (sulfide) groups is 1. The van der Waals surface area contributed by atoms with E-state index in [9.17, 15) is 9.59 Å². The summed E-state index contributed by atoms with van der Waals surface area (Å²) in [4.78, 5) is 26.5. The molecule has 0 aliphatic heterocycles. The van der Waals surface area contributed by atoms with Crippen LogP contribution in [0.3, 0.4) is 0 Å². The van der Waals surface area contributed by atoms with Gasteiger partial charge in [-0.2, -0.15) is 0 Å². The van der Waals surface area contributed by atoms with Gasteiger partial charge in [-0.1, -0.05) is 12.1 Å². The molecule has 0 spiro atoms. The number of carbonyl (C=O) groups excluding carboxylic acids is 2. The number of ketones is 1. The zero-order valence-electron chi connectivity index (χ0n) is 12.5. The summed E-state index contributed by atoms with van der Waals surface area (Å²) < 4.78 is 0. The van der Waals surface area contributed by atoms with Crippen molar-refractivity contribution < 1.29 is 9.59 Å². The minimum Gasteiger partial charge on any atom is -0.353 e. The first kappa shape index (κ1) is 16.7. The van der Waals surface area contributed by atoms with E-state index in [-0.39, 0.29) is 30.8 Å². The van der Waals surface area contributed by atoms with Crippen LogP contribution < -0.4 is 5.32 Å². The van der Waals surface area contributed by atoms with E-state index in [1.807, 2.05) is 44.4 Å². The Balaban J connectivity index is 2.50. The fourth-order valence-electron chi connectivity index (χ4n) is 1.78. The normalized spacial score (nSPS) is 10.9. The van der Waals surface area contributed by atoms with Gasteiger partial charge in [0.15, 0.2) is 5.78 Å². The summed E-state index contributed by atoms with van der Waals surface area (Å²) >= 11 is 1.64. The number of Topliss-reactive ketones (excluding diaryl/α,β-unsaturated/α-hetero) is 1. The lowest BCUT2D eigenvalue weighted by atomic mass is 10.1. The number of nitrogens with one attached hydrogen (secondary N) is 1. The molecular weight excluding hydrogens is 272 g/mol. The Bertz CT molecular complexity index is 457. The quantitative estimate of drug-likeness (QED) is 0.617. The van der Waals surface area contributed by atoms with Gasteiger partial charge in [0.1, 0.15) is 0 Å². The maximum atomic E-state index is 12.1. The summed E-state index contributed by atoms with van der Waals surface area (Å²) in [7, 11) is 1.77. The van der Waals surface area contributed by atoms with Crippen molar-refractivity contribution in [1.29, 1.82) is 0 Å². The molecule has 0 atom stereocenters. The molecule has 5 heteroatoms. The molecule has 0 bridgehead atoms. The summed E-state index contributed by atoms with van der Waals surface area (Å²) in [6.07, 6.45) is 2.00. The Hall–Kier alpha value is -1.33. The predicted molar refractivity (Wildman–Crippen MR) is 83.3 cm³/mol. The highest BCUT2D eigenvalue weighted by molar-refractivity contribution is 7.98. The molecule has 1 aromatic rings. The number of likely N-dealkylation sites (N-methyl/N-ethyl adjacent to an activating group) is 1. The second-order valence-corrected chi connectivity index (χ2v) is 5.93. The molecule has 0 aliphatic carbocycles. The molecule has 0 radical (unpaired) electrons. The molecule has 20 heavy (non-hydrogen) atoms. The van der Waals surface area contributed by atoms with Crippen LogP contribution in [-0.4, -0.2) is 49.0 Å². The van der Waals surface area contributed by atoms with E-state index in [1.54, 1.807) is 23.7 Å². The van der Waals surface area contributed by atoms with E-state index in [2.05, 4.69) is 5.32 Å². The summed E-state index contributed by atoms with van der Waals surface area (Å²) in [5.41, 5.74) is 0.680. The molecule has 0 heterocycles. The van der Waals surface area contributed by atoms with Crippen LogP contribution in [0.5, 0.6) is 0 Å². The molecule has 0 fully saturated rings. The van der Waals surface area contributed by atoms with Crippen molar-refractivity contribution in [2.75, 3.05) is 26.4 Å². The van der Waals surface area contributed by atoms with E-state index in [1.165, 1.54) is 0 Å². The topological polar surface area (TPSA) is 49.4 Å². The van der Waals surface area contributed by atoms with Gasteiger partial charge in [-0.25, -0.2) is 0 Å². The van der Waals surface area contributed by atoms with Crippen LogP contribution in [0.15, 0.2) is 29.2 Å². The zero-order valence-corrected chi connectivity index (χ0v) is 13.3. The molecule has 0 unspecified atom stereocenters. The van der Waals surface area contributed by atoms with Gasteiger partial charge in [0.2, 0.25) is 5.91 Å². The number of amides is 1. The Morgan fingerprint density at radius 3 is 2.30 bits per heavy atom. The van der Waals surface area contributed by atoms with Gasteiger partial charge in [-0.05, 0) is 39.3 Å². The van der Waals surface area contributed by atoms with Crippen LogP contribution in [0.4, 0.5) is 0 Å². The van der Waals surface area contributed by atoms with Crippen LogP contribution >= 0.6 is 11.8 Å². The van der Waals surface area contributed by atoms with Crippen molar-refractivity contribution >= 4 is 23.5 Å². The van der Waals surface area contributed by atoms with Gasteiger partial charge in [0, 0.05) is 16.5 Å². The highest BCUT2D eigenvalue weighted by Crippen LogP contribution is 2.15. The Labute approximate surface area is 124 Å². The predicted octanol–water partition coefficient (Wildman–Crippen LogP) is 2.05. The van der Waals surface area contributed by atoms with Crippen molar-refractivity contribution in [1.82, 2.24) is 10.2 Å². The lowest BCUT2D eigenvalue weighted by Gasteiger charge is -2.16. The summed E-state index contributed by atoms with van der Waals surface area (Å²) in [6.45, 7) is 4.30. The van der Waals surface area contributed by atoms with E-state index < -0.39 is 0 Å². The molecule has 1 rings (SSSR count). The molecule has 4 nitrogen and oxygen atoms in total. The average molecular weight is 294 g/mol. The number of carbonyl (C=O) groups is 2. The van der Waals surface area contributed by atoms with Gasteiger partial charge in [0.25, 0.3) is 0 Å². The highest BCUT2D eigenvalue weighted by Gasteiger charge is 2.12. The minimum absolute atomic E-state index is 0.0255. The molecule has 1 aromatic carbocycles. The summed E-state index contributed by atoms with van der Waals surface area (Å²) in [6, 6.07) is 7.64. The van der Waals surface area contributed by atoms with Crippen LogP contribution in [0, 0.1) is 0 Å². The summed E-state index contributed by atoms with van der Waals surface area (Å²) in [5.74, 6) is -0.0365. The molecule has 0 saturated heterocycles. The van der Waals surface area contributed by atoms with Gasteiger partial charge >= 0.3 is 0 Å². The lowest BCUT2D eigenvalue weighted by Crippen LogP contribution is -2.40. The number of benzene rings is 1. The van der Waals surface area contributed by atoms with Gasteiger partial charge in [-0.15, -0.1) is 11.8 Å². The summed E-state index contributed by atoms with van der Waals surface area (Å²) in [5, 5.41) is 2.81. The van der Waals surface area contributed by atoms with E-state index in [0.717, 1.165) is 4.90 Å². The van der Waals surface area contributed by atoms with Crippen molar-refractivity contribution in [2.45, 2.75) is 24.8 Å². The standard InChI is InChI=1S/C15H22N2O2S/c1-11(2)16-15(19)10-17(3)9-14(18)12-5-7-13(20-4)8-6-12/h5-8,11H,9-10H2,1-4H3,(H,16,19). The largest absolute Gasteiger partial charge is 0.353 e. The molecule has 0 saturated carbocycles. The first-order valence-corrected chi connectivity index (χ1v) is 7.80. The molecule has 0 aliphatic rings. The Morgan fingerprint density at radius 2 is 1.80 bits per heavy atom. The van der Waals surface area contributed by atoms with Crippen LogP contribution in [0.2, 0.25) is 0 Å². The molecule has 110 valence electrons. The van der Waals surface area contributed by atoms with Gasteiger partial charge < -0.3 is 5.32 Å². The monoisotopic (exact) mass is 294 g/mol. The van der Waals surface area contributed by atoms with E-state index in [0.29, 0.717) is 5.56 Å². The highest BCUT2D eigenvalue weighted by atomic mass is 32.2. The van der Waals surface area contributed by atoms with Crippen molar-refractivity contribution in [3.05, 3.63) is 29.8 Å². The number of hydrogen-bond donors (Lipinski definition) is 1. The van der Waals surface area contributed by atoms with Crippen LogP contribution in [0.1, 0.15) is 24.2 Å². The lowest BCUT2D eigenvalue weighted by molar-refractivity contribution is -0.122. The van der Waals surface area contributed by atoms with Gasteiger partial charge in [-0.3, -0.25) is 14.5 Å². The van der Waals surface area contributed by atoms with Crippen molar-refractivity contribution in [3.63, 3.8) is 0 Å². The van der Waals surface area contributed by atoms with Crippen LogP contribution in [0.25, 0.3) is 0 Å². The SMILES string of the molecule is CSc1ccc(C(=O)CN(C)CC(=O)NC(C)C)cc1. The third-order valence-electron chi connectivity index (χ3n) is 2.69. The minimum atomic E-state index is -0.0620. The third-order valence-corrected chi connectivity index (χ3v) is 3.43. The smallest absolute Gasteiger partial charge is 0.234 e. The molecule has 1 amide bonds. The average Bonchev–Trinajstić information content (AvgIpc) is 2.37. The maximum Gasteiger partial charge on any atom is 0.234 e.